The topological polar surface area (TPSA) is 78.1 Å². The van der Waals surface area contributed by atoms with Crippen molar-refractivity contribution < 1.29 is 4.79 Å². The standard InChI is InChI=1S/C19H28N4O2S/c1-10(2)20-15(24)9-23(5)12(4)17-21-18(25)16-13-7-6-11(3)8-14(13)26-19(16)22-17/h10-12H,6-9H2,1-5H3,(H,20,24)(H,21,22,25)/t11-,12+/m1/s1. The van der Waals surface area contributed by atoms with Crippen molar-refractivity contribution in [3.8, 4) is 0 Å². The second-order valence-electron chi connectivity index (χ2n) is 7.80. The molecule has 0 fully saturated rings. The third kappa shape index (κ3) is 3.83. The lowest BCUT2D eigenvalue weighted by Crippen LogP contribution is -2.39. The molecule has 2 N–H and O–H groups in total. The molecule has 7 heteroatoms. The van der Waals surface area contributed by atoms with Crippen molar-refractivity contribution >= 4 is 27.5 Å². The molecule has 0 saturated carbocycles. The molecule has 1 amide bonds. The zero-order chi connectivity index (χ0) is 19.0. The minimum absolute atomic E-state index is 0.0293. The Labute approximate surface area is 158 Å². The van der Waals surface area contributed by atoms with Crippen LogP contribution >= 0.6 is 11.3 Å². The molecule has 0 saturated heterocycles. The number of carbonyl (C=O) groups excluding carboxylic acids is 1. The molecule has 0 aromatic carbocycles. The number of nitrogens with zero attached hydrogens (tertiary/aromatic N) is 2. The number of H-pyrrole nitrogens is 1. The molecule has 0 bridgehead atoms. The van der Waals surface area contributed by atoms with Gasteiger partial charge in [0.1, 0.15) is 10.7 Å². The third-order valence-electron chi connectivity index (χ3n) is 5.08. The van der Waals surface area contributed by atoms with Crippen molar-refractivity contribution in [1.29, 1.82) is 0 Å². The van der Waals surface area contributed by atoms with Crippen LogP contribution in [0.2, 0.25) is 0 Å². The zero-order valence-corrected chi connectivity index (χ0v) is 17.0. The predicted octanol–water partition coefficient (Wildman–Crippen LogP) is 2.63. The van der Waals surface area contributed by atoms with Crippen LogP contribution in [0.3, 0.4) is 0 Å². The molecular weight excluding hydrogens is 348 g/mol. The van der Waals surface area contributed by atoms with E-state index < -0.39 is 0 Å². The van der Waals surface area contributed by atoms with Gasteiger partial charge in [0.05, 0.1) is 18.0 Å². The number of likely N-dealkylation sites (N-methyl/N-ethyl adjacent to an activating group) is 1. The number of amides is 1. The Kier molecular flexibility index (Phi) is 5.48. The maximum Gasteiger partial charge on any atom is 0.259 e. The second kappa shape index (κ2) is 7.48. The molecule has 0 unspecified atom stereocenters. The van der Waals surface area contributed by atoms with Crippen LogP contribution < -0.4 is 10.9 Å². The van der Waals surface area contributed by atoms with Crippen LogP contribution in [-0.2, 0) is 17.6 Å². The Morgan fingerprint density at radius 2 is 2.15 bits per heavy atom. The number of nitrogens with one attached hydrogen (secondary N) is 2. The van der Waals surface area contributed by atoms with E-state index in [1.807, 2.05) is 32.7 Å². The van der Waals surface area contributed by atoms with Gasteiger partial charge in [-0.3, -0.25) is 14.5 Å². The van der Waals surface area contributed by atoms with Crippen LogP contribution in [0, 0.1) is 5.92 Å². The highest BCUT2D eigenvalue weighted by Crippen LogP contribution is 2.35. The van der Waals surface area contributed by atoms with Crippen molar-refractivity contribution in [1.82, 2.24) is 20.2 Å². The quantitative estimate of drug-likeness (QED) is 0.841. The van der Waals surface area contributed by atoms with E-state index >= 15 is 0 Å². The largest absolute Gasteiger partial charge is 0.353 e. The molecule has 1 aliphatic carbocycles. The number of aromatic amines is 1. The monoisotopic (exact) mass is 376 g/mol. The third-order valence-corrected chi connectivity index (χ3v) is 6.23. The molecule has 142 valence electrons. The Hall–Kier alpha value is -1.73. The van der Waals surface area contributed by atoms with E-state index in [2.05, 4.69) is 17.2 Å². The van der Waals surface area contributed by atoms with Crippen LogP contribution in [-0.4, -0.2) is 40.4 Å². The van der Waals surface area contributed by atoms with Gasteiger partial charge in [-0.25, -0.2) is 4.98 Å². The van der Waals surface area contributed by atoms with Crippen molar-refractivity contribution in [2.45, 2.75) is 59.0 Å². The fourth-order valence-electron chi connectivity index (χ4n) is 3.50. The molecule has 2 aromatic rings. The van der Waals surface area contributed by atoms with Gasteiger partial charge in [0.15, 0.2) is 0 Å². The molecule has 2 heterocycles. The van der Waals surface area contributed by atoms with Crippen molar-refractivity contribution in [2.75, 3.05) is 13.6 Å². The minimum atomic E-state index is -0.150. The molecule has 0 spiro atoms. The lowest BCUT2D eigenvalue weighted by atomic mass is 9.89. The van der Waals surface area contributed by atoms with E-state index in [1.54, 1.807) is 11.3 Å². The number of hydrogen-bond donors (Lipinski definition) is 2. The predicted molar refractivity (Wildman–Crippen MR) is 106 cm³/mol. The molecule has 26 heavy (non-hydrogen) atoms. The van der Waals surface area contributed by atoms with Crippen molar-refractivity contribution in [2.24, 2.45) is 5.92 Å². The van der Waals surface area contributed by atoms with Gasteiger partial charge in [0, 0.05) is 10.9 Å². The van der Waals surface area contributed by atoms with Crippen molar-refractivity contribution in [3.63, 3.8) is 0 Å². The Balaban J connectivity index is 1.86. The molecule has 6 nitrogen and oxygen atoms in total. The first-order chi connectivity index (χ1) is 12.3. The average molecular weight is 377 g/mol. The van der Waals surface area contributed by atoms with E-state index in [0.29, 0.717) is 11.7 Å². The summed E-state index contributed by atoms with van der Waals surface area (Å²) in [6.45, 7) is 8.36. The molecule has 0 radical (unpaired) electrons. The number of hydrogen-bond acceptors (Lipinski definition) is 5. The molecular formula is C19H28N4O2S. The van der Waals surface area contributed by atoms with Crippen LogP contribution in [0.5, 0.6) is 0 Å². The van der Waals surface area contributed by atoms with Gasteiger partial charge < -0.3 is 10.3 Å². The first-order valence-corrected chi connectivity index (χ1v) is 10.1. The number of carbonyl (C=O) groups is 1. The summed E-state index contributed by atoms with van der Waals surface area (Å²) in [5.74, 6) is 1.26. The van der Waals surface area contributed by atoms with E-state index in [0.717, 1.165) is 29.5 Å². The summed E-state index contributed by atoms with van der Waals surface area (Å²) in [7, 11) is 1.87. The van der Waals surface area contributed by atoms with Crippen LogP contribution in [0.1, 0.15) is 56.4 Å². The summed E-state index contributed by atoms with van der Waals surface area (Å²) in [4.78, 5) is 36.5. The van der Waals surface area contributed by atoms with E-state index in [4.69, 9.17) is 4.98 Å². The molecule has 1 aliphatic rings. The summed E-state index contributed by atoms with van der Waals surface area (Å²) in [6.07, 6.45) is 3.13. The van der Waals surface area contributed by atoms with Gasteiger partial charge in [-0.05, 0) is 58.6 Å². The van der Waals surface area contributed by atoms with Gasteiger partial charge in [0.25, 0.3) is 5.56 Å². The SMILES string of the molecule is CC(C)NC(=O)CN(C)[C@@H](C)c1nc2sc3c(c2c(=O)[nH]1)CC[C@@H](C)C3. The molecule has 2 atom stereocenters. The van der Waals surface area contributed by atoms with Gasteiger partial charge >= 0.3 is 0 Å². The smallest absolute Gasteiger partial charge is 0.259 e. The first kappa shape index (κ1) is 19.0. The maximum atomic E-state index is 12.7. The Bertz CT molecular complexity index is 870. The summed E-state index contributed by atoms with van der Waals surface area (Å²) < 4.78 is 0. The Morgan fingerprint density at radius 1 is 1.42 bits per heavy atom. The summed E-state index contributed by atoms with van der Waals surface area (Å²) in [6, 6.07) is -0.0385. The minimum Gasteiger partial charge on any atom is -0.353 e. The fraction of sp³-hybridized carbons (Fsp3) is 0.632. The number of aromatic nitrogens is 2. The molecule has 2 aromatic heterocycles. The Morgan fingerprint density at radius 3 is 2.85 bits per heavy atom. The fourth-order valence-corrected chi connectivity index (χ4v) is 4.89. The average Bonchev–Trinajstić information content (AvgIpc) is 2.90. The highest BCUT2D eigenvalue weighted by atomic mass is 32.1. The van der Waals surface area contributed by atoms with E-state index in [-0.39, 0.29) is 30.1 Å². The maximum absolute atomic E-state index is 12.7. The van der Waals surface area contributed by atoms with Crippen LogP contribution in [0.4, 0.5) is 0 Å². The van der Waals surface area contributed by atoms with Gasteiger partial charge in [-0.15, -0.1) is 11.3 Å². The van der Waals surface area contributed by atoms with Crippen LogP contribution in [0.15, 0.2) is 4.79 Å². The number of thiophene rings is 1. The number of rotatable bonds is 5. The molecule has 0 aliphatic heterocycles. The van der Waals surface area contributed by atoms with Crippen molar-refractivity contribution in [3.05, 3.63) is 26.6 Å². The van der Waals surface area contributed by atoms with Gasteiger partial charge in [-0.1, -0.05) is 6.92 Å². The highest BCUT2D eigenvalue weighted by Gasteiger charge is 2.24. The normalized spacial score (nSPS) is 18.3. The lowest BCUT2D eigenvalue weighted by Gasteiger charge is -2.23. The van der Waals surface area contributed by atoms with Crippen LogP contribution in [0.25, 0.3) is 10.2 Å². The van der Waals surface area contributed by atoms with E-state index in [9.17, 15) is 9.59 Å². The lowest BCUT2D eigenvalue weighted by molar-refractivity contribution is -0.122. The number of fused-ring (bicyclic) bond motifs is 3. The van der Waals surface area contributed by atoms with E-state index in [1.165, 1.54) is 10.4 Å². The summed E-state index contributed by atoms with van der Waals surface area (Å²) in [5, 5.41) is 3.66. The first-order valence-electron chi connectivity index (χ1n) is 9.30. The second-order valence-corrected chi connectivity index (χ2v) is 8.88. The zero-order valence-electron chi connectivity index (χ0n) is 16.2. The number of aryl methyl sites for hydroxylation is 1. The van der Waals surface area contributed by atoms with Gasteiger partial charge in [-0.2, -0.15) is 0 Å². The highest BCUT2D eigenvalue weighted by molar-refractivity contribution is 7.18. The molecule has 3 rings (SSSR count). The summed E-state index contributed by atoms with van der Waals surface area (Å²) in [5.41, 5.74) is 1.14. The van der Waals surface area contributed by atoms with Gasteiger partial charge in [0.2, 0.25) is 5.91 Å². The summed E-state index contributed by atoms with van der Waals surface area (Å²) >= 11 is 1.65.